The third kappa shape index (κ3) is 1.54. The third-order valence-corrected chi connectivity index (χ3v) is 1.56. The average Bonchev–Trinajstić information content (AvgIpc) is 2.03. The Morgan fingerprint density at radius 3 is 2.58 bits per heavy atom. The molecule has 0 bridgehead atoms. The van der Waals surface area contributed by atoms with E-state index in [1.54, 1.807) is 6.07 Å². The van der Waals surface area contributed by atoms with Gasteiger partial charge in [0.15, 0.2) is 0 Å². The minimum atomic E-state index is -0.643. The molecule has 0 spiro atoms. The lowest BCUT2D eigenvalue weighted by Gasteiger charge is -2.01. The van der Waals surface area contributed by atoms with E-state index in [0.29, 0.717) is 6.54 Å². The summed E-state index contributed by atoms with van der Waals surface area (Å²) < 4.78 is 0. The number of amides is 1. The van der Waals surface area contributed by atoms with Crippen molar-refractivity contribution in [2.75, 3.05) is 0 Å². The Kier molecular flexibility index (Phi) is 2.30. The summed E-state index contributed by atoms with van der Waals surface area (Å²) in [5.74, 6) is -0.762. The van der Waals surface area contributed by atoms with Crippen LogP contribution in [0.15, 0.2) is 18.2 Å². The zero-order valence-electron chi connectivity index (χ0n) is 6.45. The van der Waals surface area contributed by atoms with Gasteiger partial charge in [-0.25, -0.2) is 0 Å². The minimum Gasteiger partial charge on any atom is -0.507 e. The van der Waals surface area contributed by atoms with Gasteiger partial charge in [0, 0.05) is 6.54 Å². The van der Waals surface area contributed by atoms with Crippen molar-refractivity contribution < 1.29 is 9.90 Å². The van der Waals surface area contributed by atoms with Crippen LogP contribution in [0, 0.1) is 0 Å². The summed E-state index contributed by atoms with van der Waals surface area (Å²) in [5, 5.41) is 9.24. The largest absolute Gasteiger partial charge is 0.507 e. The highest BCUT2D eigenvalue weighted by Crippen LogP contribution is 2.17. The molecule has 4 heteroatoms. The maximum absolute atomic E-state index is 10.7. The van der Waals surface area contributed by atoms with E-state index in [9.17, 15) is 9.90 Å². The Morgan fingerprint density at radius 1 is 1.50 bits per heavy atom. The summed E-state index contributed by atoms with van der Waals surface area (Å²) in [6.45, 7) is 0.326. The van der Waals surface area contributed by atoms with Gasteiger partial charge in [-0.1, -0.05) is 6.07 Å². The van der Waals surface area contributed by atoms with Crippen molar-refractivity contribution in [3.63, 3.8) is 0 Å². The number of primary amides is 1. The Morgan fingerprint density at radius 2 is 2.17 bits per heavy atom. The molecule has 1 rings (SSSR count). The zero-order chi connectivity index (χ0) is 9.14. The van der Waals surface area contributed by atoms with Crippen LogP contribution in [0.2, 0.25) is 0 Å². The molecule has 64 valence electrons. The molecule has 5 N–H and O–H groups in total. The standard InChI is InChI=1S/C8H10N2O2/c9-4-5-1-2-6(8(10)12)7(11)3-5/h1-3,11H,4,9H2,(H2,10,12). The fourth-order valence-electron chi connectivity index (χ4n) is 0.913. The second-order valence-corrected chi connectivity index (χ2v) is 2.42. The topological polar surface area (TPSA) is 89.3 Å². The second-order valence-electron chi connectivity index (χ2n) is 2.42. The van der Waals surface area contributed by atoms with E-state index in [1.807, 2.05) is 0 Å². The zero-order valence-corrected chi connectivity index (χ0v) is 6.45. The van der Waals surface area contributed by atoms with Crippen LogP contribution < -0.4 is 11.5 Å². The molecule has 1 aromatic rings. The maximum Gasteiger partial charge on any atom is 0.252 e. The molecule has 0 atom stereocenters. The first-order valence-corrected chi connectivity index (χ1v) is 3.47. The molecule has 0 saturated carbocycles. The Bertz CT molecular complexity index is 310. The monoisotopic (exact) mass is 166 g/mol. The first-order valence-electron chi connectivity index (χ1n) is 3.47. The van der Waals surface area contributed by atoms with E-state index in [0.717, 1.165) is 5.56 Å². The molecule has 0 unspecified atom stereocenters. The van der Waals surface area contributed by atoms with Crippen LogP contribution in [0.5, 0.6) is 5.75 Å². The van der Waals surface area contributed by atoms with Crippen LogP contribution in [0.1, 0.15) is 15.9 Å². The molecule has 0 saturated heterocycles. The van der Waals surface area contributed by atoms with Gasteiger partial charge in [-0.3, -0.25) is 4.79 Å². The number of hydrogen-bond donors (Lipinski definition) is 3. The molecule has 4 nitrogen and oxygen atoms in total. The van der Waals surface area contributed by atoms with E-state index in [-0.39, 0.29) is 11.3 Å². The summed E-state index contributed by atoms with van der Waals surface area (Å²) in [6, 6.07) is 4.54. The van der Waals surface area contributed by atoms with Crippen molar-refractivity contribution in [3.8, 4) is 5.75 Å². The number of aromatic hydroxyl groups is 1. The lowest BCUT2D eigenvalue weighted by molar-refractivity contribution is 0.0998. The van der Waals surface area contributed by atoms with E-state index in [4.69, 9.17) is 11.5 Å². The molecule has 0 heterocycles. The fourth-order valence-corrected chi connectivity index (χ4v) is 0.913. The highest BCUT2D eigenvalue weighted by molar-refractivity contribution is 5.95. The molecule has 0 aromatic heterocycles. The number of nitrogens with two attached hydrogens (primary N) is 2. The quantitative estimate of drug-likeness (QED) is 0.575. The minimum absolute atomic E-state index is 0.118. The van der Waals surface area contributed by atoms with E-state index >= 15 is 0 Å². The van der Waals surface area contributed by atoms with Gasteiger partial charge in [-0.05, 0) is 17.7 Å². The smallest absolute Gasteiger partial charge is 0.252 e. The highest BCUT2D eigenvalue weighted by Gasteiger charge is 2.06. The van der Waals surface area contributed by atoms with Crippen molar-refractivity contribution in [2.45, 2.75) is 6.54 Å². The predicted octanol–water partition coefficient (Wildman–Crippen LogP) is -0.0502. The number of benzene rings is 1. The van der Waals surface area contributed by atoms with Gasteiger partial charge in [0.2, 0.25) is 0 Å². The molecule has 1 aromatic carbocycles. The van der Waals surface area contributed by atoms with E-state index < -0.39 is 5.91 Å². The Labute approximate surface area is 69.8 Å². The lowest BCUT2D eigenvalue weighted by Crippen LogP contribution is -2.11. The van der Waals surface area contributed by atoms with Crippen molar-refractivity contribution >= 4 is 5.91 Å². The van der Waals surface area contributed by atoms with Crippen molar-refractivity contribution in [3.05, 3.63) is 29.3 Å². The summed E-state index contributed by atoms with van der Waals surface area (Å²) in [5.41, 5.74) is 11.2. The number of carbonyl (C=O) groups excluding carboxylic acids is 1. The highest BCUT2D eigenvalue weighted by atomic mass is 16.3. The van der Waals surface area contributed by atoms with Crippen LogP contribution in [0.25, 0.3) is 0 Å². The van der Waals surface area contributed by atoms with Crippen LogP contribution >= 0.6 is 0 Å². The molecular weight excluding hydrogens is 156 g/mol. The summed E-state index contributed by atoms with van der Waals surface area (Å²) in [4.78, 5) is 10.7. The SMILES string of the molecule is NCc1ccc(C(N)=O)c(O)c1. The number of rotatable bonds is 2. The molecular formula is C8H10N2O2. The van der Waals surface area contributed by atoms with E-state index in [2.05, 4.69) is 0 Å². The van der Waals surface area contributed by atoms with Gasteiger partial charge in [0.05, 0.1) is 5.56 Å². The maximum atomic E-state index is 10.7. The van der Waals surface area contributed by atoms with Crippen LogP contribution in [-0.2, 0) is 6.54 Å². The molecule has 0 aliphatic rings. The van der Waals surface area contributed by atoms with Crippen LogP contribution in [0.4, 0.5) is 0 Å². The summed E-state index contributed by atoms with van der Waals surface area (Å²) in [6.07, 6.45) is 0. The molecule has 0 radical (unpaired) electrons. The molecule has 12 heavy (non-hydrogen) atoms. The van der Waals surface area contributed by atoms with Crippen LogP contribution in [-0.4, -0.2) is 11.0 Å². The predicted molar refractivity (Wildman–Crippen MR) is 44.5 cm³/mol. The van der Waals surface area contributed by atoms with Crippen molar-refractivity contribution in [2.24, 2.45) is 11.5 Å². The fraction of sp³-hybridized carbons (Fsp3) is 0.125. The van der Waals surface area contributed by atoms with Gasteiger partial charge >= 0.3 is 0 Å². The van der Waals surface area contributed by atoms with Gasteiger partial charge in [-0.2, -0.15) is 0 Å². The van der Waals surface area contributed by atoms with Crippen LogP contribution in [0.3, 0.4) is 0 Å². The lowest BCUT2D eigenvalue weighted by atomic mass is 10.1. The molecule has 0 aliphatic heterocycles. The average molecular weight is 166 g/mol. The summed E-state index contributed by atoms with van der Waals surface area (Å²) in [7, 11) is 0. The second kappa shape index (κ2) is 3.23. The summed E-state index contributed by atoms with van der Waals surface area (Å²) >= 11 is 0. The number of phenols is 1. The van der Waals surface area contributed by atoms with Crippen molar-refractivity contribution in [1.82, 2.24) is 0 Å². The third-order valence-electron chi connectivity index (χ3n) is 1.56. The van der Waals surface area contributed by atoms with Gasteiger partial charge < -0.3 is 16.6 Å². The Hall–Kier alpha value is -1.55. The number of carbonyl (C=O) groups is 1. The first-order chi connectivity index (χ1) is 5.65. The van der Waals surface area contributed by atoms with E-state index in [1.165, 1.54) is 12.1 Å². The first kappa shape index (κ1) is 8.55. The molecule has 1 amide bonds. The van der Waals surface area contributed by atoms with Gasteiger partial charge in [-0.15, -0.1) is 0 Å². The van der Waals surface area contributed by atoms with Gasteiger partial charge in [0.25, 0.3) is 5.91 Å². The van der Waals surface area contributed by atoms with Crippen molar-refractivity contribution in [1.29, 1.82) is 0 Å². The molecule has 0 fully saturated rings. The molecule has 0 aliphatic carbocycles. The normalized spacial score (nSPS) is 9.75. The Balaban J connectivity index is 3.12. The van der Waals surface area contributed by atoms with Gasteiger partial charge in [0.1, 0.15) is 5.75 Å². The number of hydrogen-bond acceptors (Lipinski definition) is 3.